The van der Waals surface area contributed by atoms with Crippen LogP contribution in [0.25, 0.3) is 0 Å². The highest BCUT2D eigenvalue weighted by molar-refractivity contribution is 9.10. The molecule has 0 unspecified atom stereocenters. The van der Waals surface area contributed by atoms with Crippen LogP contribution in [0.3, 0.4) is 0 Å². The number of alkyl halides is 3. The summed E-state index contributed by atoms with van der Waals surface area (Å²) in [5, 5.41) is 11.6. The third-order valence-electron chi connectivity index (χ3n) is 3.62. The molecule has 2 aromatic carbocycles. The van der Waals surface area contributed by atoms with Gasteiger partial charge in [-0.15, -0.1) is 0 Å². The van der Waals surface area contributed by atoms with Crippen LogP contribution < -0.4 is 5.32 Å². The topological polar surface area (TPSA) is 49.3 Å². The lowest BCUT2D eigenvalue weighted by Crippen LogP contribution is -2.41. The number of aliphatic hydroxyl groups is 1. The zero-order valence-electron chi connectivity index (χ0n) is 13.1. The number of carbonyl (C=O) groups excluding carboxylic acids is 1. The van der Waals surface area contributed by atoms with Crippen LogP contribution in [0.15, 0.2) is 40.9 Å². The summed E-state index contributed by atoms with van der Waals surface area (Å²) < 4.78 is 67.9. The molecule has 2 aromatic rings. The summed E-state index contributed by atoms with van der Waals surface area (Å²) in [5.74, 6) is -6.82. The summed E-state index contributed by atoms with van der Waals surface area (Å²) >= 11 is 2.83. The molecule has 0 aliphatic heterocycles. The predicted molar refractivity (Wildman–Crippen MR) is 87.6 cm³/mol. The maximum atomic E-state index is 14.1. The van der Waals surface area contributed by atoms with Crippen molar-refractivity contribution in [3.63, 3.8) is 0 Å². The van der Waals surface area contributed by atoms with Crippen molar-refractivity contribution in [1.82, 2.24) is 5.32 Å². The number of benzene rings is 2. The maximum absolute atomic E-state index is 14.1. The molecule has 0 heterocycles. The fourth-order valence-electron chi connectivity index (χ4n) is 2.22. The average Bonchev–Trinajstić information content (AvgIpc) is 2.62. The molecular weight excluding hydrogens is 425 g/mol. The highest BCUT2D eigenvalue weighted by Crippen LogP contribution is 2.31. The van der Waals surface area contributed by atoms with Crippen molar-refractivity contribution in [2.24, 2.45) is 0 Å². The van der Waals surface area contributed by atoms with Crippen molar-refractivity contribution in [1.29, 1.82) is 0 Å². The van der Waals surface area contributed by atoms with Crippen molar-refractivity contribution in [2.45, 2.75) is 18.7 Å². The van der Waals surface area contributed by atoms with Crippen LogP contribution in [-0.4, -0.2) is 23.5 Å². The summed E-state index contributed by atoms with van der Waals surface area (Å²) in [6.45, 7) is -2.50. The van der Waals surface area contributed by atoms with Gasteiger partial charge in [-0.2, -0.15) is 0 Å². The van der Waals surface area contributed by atoms with E-state index in [9.17, 15) is 31.9 Å². The molecule has 0 saturated carbocycles. The number of nitrogens with one attached hydrogen (secondary N) is 1. The van der Waals surface area contributed by atoms with Crippen molar-refractivity contribution in [3.05, 3.63) is 69.2 Å². The first-order valence-corrected chi connectivity index (χ1v) is 8.09. The van der Waals surface area contributed by atoms with Crippen LogP contribution in [0.2, 0.25) is 0 Å². The first-order chi connectivity index (χ1) is 12.2. The second-order valence-corrected chi connectivity index (χ2v) is 6.28. The SMILES string of the molecule is O=C(NCC(F)(F)[C@@H](O)c1ccc(F)cc1)c1c(CF)ccc(Br)c1F. The third-order valence-corrected chi connectivity index (χ3v) is 4.24. The molecule has 26 heavy (non-hydrogen) atoms. The van der Waals surface area contributed by atoms with Crippen LogP contribution in [0, 0.1) is 11.6 Å². The molecule has 0 bridgehead atoms. The van der Waals surface area contributed by atoms with Crippen LogP contribution in [0.1, 0.15) is 27.6 Å². The minimum atomic E-state index is -3.83. The molecule has 0 radical (unpaired) electrons. The van der Waals surface area contributed by atoms with Gasteiger partial charge in [0.1, 0.15) is 24.4 Å². The molecule has 140 valence electrons. The first-order valence-electron chi connectivity index (χ1n) is 7.29. The summed E-state index contributed by atoms with van der Waals surface area (Å²) in [4.78, 5) is 12.0. The molecule has 1 amide bonds. The molecule has 3 nitrogen and oxygen atoms in total. The van der Waals surface area contributed by atoms with E-state index in [1.807, 2.05) is 0 Å². The van der Waals surface area contributed by atoms with E-state index in [4.69, 9.17) is 0 Å². The Morgan fingerprint density at radius 1 is 1.15 bits per heavy atom. The van der Waals surface area contributed by atoms with Crippen LogP contribution in [0.4, 0.5) is 22.0 Å². The smallest absolute Gasteiger partial charge is 0.294 e. The third kappa shape index (κ3) is 4.39. The average molecular weight is 438 g/mol. The number of rotatable bonds is 6. The van der Waals surface area contributed by atoms with Gasteiger partial charge in [-0.1, -0.05) is 18.2 Å². The number of carbonyl (C=O) groups is 1. The Balaban J connectivity index is 2.15. The first kappa shape index (κ1) is 20.3. The molecule has 0 spiro atoms. The number of amides is 1. The Morgan fingerprint density at radius 2 is 1.77 bits per heavy atom. The largest absolute Gasteiger partial charge is 0.382 e. The molecule has 0 aliphatic rings. The number of hydrogen-bond donors (Lipinski definition) is 2. The Labute approximate surface area is 154 Å². The number of halogens is 6. The second kappa shape index (κ2) is 8.13. The lowest BCUT2D eigenvalue weighted by atomic mass is 10.0. The summed E-state index contributed by atoms with van der Waals surface area (Å²) in [6.07, 6.45) is -2.32. The fourth-order valence-corrected chi connectivity index (χ4v) is 2.55. The van der Waals surface area contributed by atoms with Crippen LogP contribution in [-0.2, 0) is 6.67 Å². The number of hydrogen-bond acceptors (Lipinski definition) is 2. The standard InChI is InChI=1S/C17H13BrF5NO2/c18-12-6-3-10(7-19)13(14(12)21)16(26)24-8-17(22,23)15(25)9-1-4-11(20)5-2-9/h1-6,15,25H,7-8H2,(H,24,26)/t15-/m0/s1. The van der Waals surface area contributed by atoms with E-state index < -0.39 is 48.4 Å². The Morgan fingerprint density at radius 3 is 2.35 bits per heavy atom. The van der Waals surface area contributed by atoms with Gasteiger partial charge in [0.05, 0.1) is 16.6 Å². The minimum Gasteiger partial charge on any atom is -0.382 e. The lowest BCUT2D eigenvalue weighted by molar-refractivity contribution is -0.106. The predicted octanol–water partition coefficient (Wildman–Crippen LogP) is 4.30. The van der Waals surface area contributed by atoms with Gasteiger partial charge in [-0.3, -0.25) is 4.79 Å². The zero-order valence-corrected chi connectivity index (χ0v) is 14.7. The van der Waals surface area contributed by atoms with E-state index in [0.29, 0.717) is 0 Å². The molecule has 9 heteroatoms. The Kier molecular flexibility index (Phi) is 6.35. The second-order valence-electron chi connectivity index (χ2n) is 5.43. The quantitative estimate of drug-likeness (QED) is 0.662. The van der Waals surface area contributed by atoms with Crippen molar-refractivity contribution in [2.75, 3.05) is 6.54 Å². The van der Waals surface area contributed by atoms with Gasteiger partial charge in [-0.05, 0) is 45.3 Å². The van der Waals surface area contributed by atoms with Crippen LogP contribution >= 0.6 is 15.9 Å². The van der Waals surface area contributed by atoms with Gasteiger partial charge in [0.2, 0.25) is 0 Å². The fraction of sp³-hybridized carbons (Fsp3) is 0.235. The Hall–Kier alpha value is -2.00. The van der Waals surface area contributed by atoms with E-state index in [2.05, 4.69) is 15.9 Å². The van der Waals surface area contributed by atoms with Gasteiger partial charge in [0.25, 0.3) is 11.8 Å². The normalized spacial score (nSPS) is 12.7. The van der Waals surface area contributed by atoms with Gasteiger partial charge in [0, 0.05) is 0 Å². The molecule has 2 rings (SSSR count). The maximum Gasteiger partial charge on any atom is 0.294 e. The minimum absolute atomic E-state index is 0.127. The van der Waals surface area contributed by atoms with Crippen molar-refractivity contribution in [3.8, 4) is 0 Å². The van der Waals surface area contributed by atoms with Crippen molar-refractivity contribution >= 4 is 21.8 Å². The highest BCUT2D eigenvalue weighted by Gasteiger charge is 2.40. The van der Waals surface area contributed by atoms with E-state index in [1.165, 1.54) is 6.07 Å². The lowest BCUT2D eigenvalue weighted by Gasteiger charge is -2.23. The molecule has 0 saturated heterocycles. The molecular formula is C17H13BrF5NO2. The van der Waals surface area contributed by atoms with Crippen LogP contribution in [0.5, 0.6) is 0 Å². The summed E-state index contributed by atoms with van der Waals surface area (Å²) in [7, 11) is 0. The van der Waals surface area contributed by atoms with Gasteiger partial charge >= 0.3 is 0 Å². The van der Waals surface area contributed by atoms with Gasteiger partial charge < -0.3 is 10.4 Å². The highest BCUT2D eigenvalue weighted by atomic mass is 79.9. The van der Waals surface area contributed by atoms with Crippen molar-refractivity contribution < 1.29 is 31.9 Å². The molecule has 2 N–H and O–H groups in total. The molecule has 0 fully saturated rings. The molecule has 0 aliphatic carbocycles. The van der Waals surface area contributed by atoms with E-state index in [1.54, 1.807) is 5.32 Å². The van der Waals surface area contributed by atoms with Gasteiger partial charge in [0.15, 0.2) is 0 Å². The zero-order chi connectivity index (χ0) is 19.5. The molecule has 1 atom stereocenters. The van der Waals surface area contributed by atoms with E-state index in [-0.39, 0.29) is 15.6 Å². The summed E-state index contributed by atoms with van der Waals surface area (Å²) in [6, 6.07) is 6.09. The van der Waals surface area contributed by atoms with E-state index in [0.717, 1.165) is 30.3 Å². The Bertz CT molecular complexity index is 798. The van der Waals surface area contributed by atoms with E-state index >= 15 is 0 Å². The molecule has 0 aromatic heterocycles. The van der Waals surface area contributed by atoms with Gasteiger partial charge in [-0.25, -0.2) is 22.0 Å². The number of aliphatic hydroxyl groups excluding tert-OH is 1. The monoisotopic (exact) mass is 437 g/mol. The summed E-state index contributed by atoms with van der Waals surface area (Å²) in [5.41, 5.74) is -1.26.